The van der Waals surface area contributed by atoms with Crippen molar-refractivity contribution < 1.29 is 28.7 Å². The smallest absolute Gasteiger partial charge is 0.408 e. The molecule has 0 saturated carbocycles. The van der Waals surface area contributed by atoms with Crippen LogP contribution in [0.25, 0.3) is 0 Å². The summed E-state index contributed by atoms with van der Waals surface area (Å²) in [4.78, 5) is 57.3. The van der Waals surface area contributed by atoms with Gasteiger partial charge in [0, 0.05) is 12.7 Å². The highest BCUT2D eigenvalue weighted by atomic mass is 16.6. The van der Waals surface area contributed by atoms with Crippen LogP contribution in [0, 0.1) is 0 Å². The van der Waals surface area contributed by atoms with Crippen molar-refractivity contribution in [1.82, 2.24) is 25.5 Å². The Morgan fingerprint density at radius 1 is 0.796 bits per heavy atom. The van der Waals surface area contributed by atoms with Crippen LogP contribution in [0.15, 0.2) is 104 Å². The maximum atomic E-state index is 13.6. The number of alkyl carbamates (subject to hydrolysis) is 1. The van der Waals surface area contributed by atoms with E-state index in [2.05, 4.69) is 26.3 Å². The molecule has 1 aromatic heterocycles. The molecule has 12 heteroatoms. The zero-order valence-corrected chi connectivity index (χ0v) is 28.4. The largest absolute Gasteiger partial charge is 0.444 e. The van der Waals surface area contributed by atoms with E-state index >= 15 is 0 Å². The van der Waals surface area contributed by atoms with Crippen molar-refractivity contribution in [2.24, 2.45) is 0 Å². The molecule has 2 unspecified atom stereocenters. The molecular formula is C37H44N6O6. The fraction of sp³-hybridized carbons (Fsp3) is 0.324. The van der Waals surface area contributed by atoms with Crippen LogP contribution in [-0.4, -0.2) is 57.2 Å². The number of benzene rings is 3. The molecule has 258 valence electrons. The van der Waals surface area contributed by atoms with E-state index < -0.39 is 41.1 Å². The van der Waals surface area contributed by atoms with Crippen LogP contribution in [0.3, 0.4) is 0 Å². The molecule has 0 aliphatic rings. The number of carbonyl (C=O) groups is 4. The molecule has 0 radical (unpaired) electrons. The summed E-state index contributed by atoms with van der Waals surface area (Å²) in [5.74, 6) is -1.34. The zero-order valence-electron chi connectivity index (χ0n) is 28.4. The van der Waals surface area contributed by atoms with Crippen LogP contribution >= 0.6 is 0 Å². The molecule has 0 aliphatic carbocycles. The molecule has 0 saturated heterocycles. The van der Waals surface area contributed by atoms with Gasteiger partial charge in [-0.3, -0.25) is 14.4 Å². The van der Waals surface area contributed by atoms with Gasteiger partial charge in [0.2, 0.25) is 11.8 Å². The van der Waals surface area contributed by atoms with Crippen molar-refractivity contribution in [3.05, 3.63) is 120 Å². The zero-order chi connectivity index (χ0) is 35.4. The first kappa shape index (κ1) is 36.3. The number of hydrogen-bond donors (Lipinski definition) is 4. The fourth-order valence-corrected chi connectivity index (χ4v) is 4.74. The summed E-state index contributed by atoms with van der Waals surface area (Å²) in [6.07, 6.45) is 2.23. The second-order valence-electron chi connectivity index (χ2n) is 13.0. The topological polar surface area (TPSA) is 153 Å². The lowest BCUT2D eigenvalue weighted by atomic mass is 10.0. The molecule has 49 heavy (non-hydrogen) atoms. The predicted molar refractivity (Wildman–Crippen MR) is 185 cm³/mol. The Bertz CT molecular complexity index is 1690. The second kappa shape index (κ2) is 16.6. The van der Waals surface area contributed by atoms with E-state index in [1.54, 1.807) is 31.5 Å². The summed E-state index contributed by atoms with van der Waals surface area (Å²) in [6, 6.07) is 26.3. The van der Waals surface area contributed by atoms with E-state index in [-0.39, 0.29) is 24.9 Å². The van der Waals surface area contributed by atoms with Gasteiger partial charge >= 0.3 is 6.09 Å². The molecule has 0 spiro atoms. The molecule has 4 amide bonds. The molecule has 3 aromatic carbocycles. The standard InChI is InChI=1S/C37H44N6O6/c1-36(2,3)49-35(47)42-37(4,5)34(46)40-29(24-48-23-27-17-11-7-12-18-27)32(44)41-30-22-43(25-39-30)31(28-19-13-8-14-20-28)33(45)38-21-26-15-9-6-10-16-26/h6-20,22,25,29,31H,21,23-24H2,1-5H3,(H,38,45)(H,40,46)(H,41,44)(H,42,47). The van der Waals surface area contributed by atoms with Crippen LogP contribution in [-0.2, 0) is 37.0 Å². The van der Waals surface area contributed by atoms with Gasteiger partial charge in [-0.2, -0.15) is 0 Å². The van der Waals surface area contributed by atoms with E-state index in [4.69, 9.17) is 9.47 Å². The van der Waals surface area contributed by atoms with Crippen LogP contribution in [0.2, 0.25) is 0 Å². The molecule has 4 rings (SSSR count). The summed E-state index contributed by atoms with van der Waals surface area (Å²) in [6.45, 7) is 8.50. The van der Waals surface area contributed by atoms with Crippen molar-refractivity contribution >= 4 is 29.6 Å². The van der Waals surface area contributed by atoms with Gasteiger partial charge in [0.05, 0.1) is 19.5 Å². The van der Waals surface area contributed by atoms with E-state index in [9.17, 15) is 19.2 Å². The first-order chi connectivity index (χ1) is 23.3. The Morgan fingerprint density at radius 3 is 2.00 bits per heavy atom. The SMILES string of the molecule is CC(C)(C)OC(=O)NC(C)(C)C(=O)NC(COCc1ccccc1)C(=O)Nc1cn(C(C(=O)NCc2ccccc2)c2ccccc2)cn1. The summed E-state index contributed by atoms with van der Waals surface area (Å²) in [5.41, 5.74) is 0.361. The van der Waals surface area contributed by atoms with Crippen LogP contribution in [0.4, 0.5) is 10.6 Å². The third-order valence-corrected chi connectivity index (χ3v) is 7.22. The van der Waals surface area contributed by atoms with Gasteiger partial charge < -0.3 is 35.3 Å². The molecule has 12 nitrogen and oxygen atoms in total. The minimum Gasteiger partial charge on any atom is -0.444 e. The summed E-state index contributed by atoms with van der Waals surface area (Å²) in [7, 11) is 0. The molecule has 4 N–H and O–H groups in total. The van der Waals surface area contributed by atoms with E-state index in [1.165, 1.54) is 20.2 Å². The average molecular weight is 669 g/mol. The van der Waals surface area contributed by atoms with Crippen molar-refractivity contribution in [2.75, 3.05) is 11.9 Å². The Balaban J connectivity index is 1.49. The lowest BCUT2D eigenvalue weighted by Crippen LogP contribution is -2.59. The summed E-state index contributed by atoms with van der Waals surface area (Å²) < 4.78 is 12.7. The number of rotatable bonds is 14. The molecule has 2 atom stereocenters. The van der Waals surface area contributed by atoms with Crippen LogP contribution < -0.4 is 21.3 Å². The Kier molecular flexibility index (Phi) is 12.3. The minimum absolute atomic E-state index is 0.162. The van der Waals surface area contributed by atoms with Gasteiger partial charge in [-0.25, -0.2) is 9.78 Å². The lowest BCUT2D eigenvalue weighted by Gasteiger charge is -2.29. The molecule has 4 aromatic rings. The monoisotopic (exact) mass is 668 g/mol. The van der Waals surface area contributed by atoms with Gasteiger partial charge in [-0.15, -0.1) is 0 Å². The van der Waals surface area contributed by atoms with Gasteiger partial charge in [-0.05, 0) is 51.3 Å². The highest BCUT2D eigenvalue weighted by Crippen LogP contribution is 2.21. The Labute approximate surface area is 286 Å². The number of imidazole rings is 1. The maximum absolute atomic E-state index is 13.6. The third-order valence-electron chi connectivity index (χ3n) is 7.22. The lowest BCUT2D eigenvalue weighted by molar-refractivity contribution is -0.131. The Morgan fingerprint density at radius 2 is 1.39 bits per heavy atom. The highest BCUT2D eigenvalue weighted by molar-refractivity contribution is 5.98. The minimum atomic E-state index is -1.43. The van der Waals surface area contributed by atoms with Gasteiger partial charge in [0.25, 0.3) is 5.91 Å². The van der Waals surface area contributed by atoms with E-state index in [1.807, 2.05) is 91.0 Å². The molecular weight excluding hydrogens is 624 g/mol. The highest BCUT2D eigenvalue weighted by Gasteiger charge is 2.35. The number of hydrogen-bond acceptors (Lipinski definition) is 7. The van der Waals surface area contributed by atoms with Crippen molar-refractivity contribution in [2.45, 2.75) is 71.0 Å². The number of amides is 4. The van der Waals surface area contributed by atoms with Gasteiger partial charge in [0.1, 0.15) is 23.2 Å². The number of nitrogens with zero attached hydrogens (tertiary/aromatic N) is 2. The van der Waals surface area contributed by atoms with Crippen molar-refractivity contribution in [1.29, 1.82) is 0 Å². The first-order valence-corrected chi connectivity index (χ1v) is 16.0. The summed E-state index contributed by atoms with van der Waals surface area (Å²) >= 11 is 0. The van der Waals surface area contributed by atoms with Gasteiger partial charge in [0.15, 0.2) is 5.82 Å². The van der Waals surface area contributed by atoms with Crippen LogP contribution in [0.1, 0.15) is 57.4 Å². The second-order valence-corrected chi connectivity index (χ2v) is 13.0. The molecule has 0 aliphatic heterocycles. The number of ether oxygens (including phenoxy) is 2. The molecule has 1 heterocycles. The van der Waals surface area contributed by atoms with Crippen molar-refractivity contribution in [3.63, 3.8) is 0 Å². The number of carbonyl (C=O) groups excluding carboxylic acids is 4. The first-order valence-electron chi connectivity index (χ1n) is 16.0. The van der Waals surface area contributed by atoms with E-state index in [0.29, 0.717) is 6.54 Å². The van der Waals surface area contributed by atoms with Crippen LogP contribution in [0.5, 0.6) is 0 Å². The molecule has 0 bridgehead atoms. The Hall–Kier alpha value is -5.49. The number of aromatic nitrogens is 2. The van der Waals surface area contributed by atoms with Crippen molar-refractivity contribution in [3.8, 4) is 0 Å². The third kappa shape index (κ3) is 11.3. The van der Waals surface area contributed by atoms with E-state index in [0.717, 1.165) is 16.7 Å². The predicted octanol–water partition coefficient (Wildman–Crippen LogP) is 4.73. The number of nitrogens with one attached hydrogen (secondary N) is 4. The summed E-state index contributed by atoms with van der Waals surface area (Å²) in [5, 5.41) is 11.0. The molecule has 0 fully saturated rings. The maximum Gasteiger partial charge on any atom is 0.408 e. The normalized spacial score (nSPS) is 12.7. The van der Waals surface area contributed by atoms with Gasteiger partial charge in [-0.1, -0.05) is 91.0 Å². The fourth-order valence-electron chi connectivity index (χ4n) is 4.74. The average Bonchev–Trinajstić information content (AvgIpc) is 3.51. The quantitative estimate of drug-likeness (QED) is 0.152. The number of anilines is 1.